The molecule has 0 saturated carbocycles. The summed E-state index contributed by atoms with van der Waals surface area (Å²) in [5.41, 5.74) is 4.34. The number of fused-ring (bicyclic) bond motifs is 1. The van der Waals surface area contributed by atoms with Crippen molar-refractivity contribution in [1.29, 1.82) is 0 Å². The van der Waals surface area contributed by atoms with Crippen molar-refractivity contribution in [2.24, 2.45) is 11.8 Å². The molecule has 0 radical (unpaired) electrons. The fourth-order valence-electron chi connectivity index (χ4n) is 5.13. The third-order valence-corrected chi connectivity index (χ3v) is 9.05. The second kappa shape index (κ2) is 15.8. The van der Waals surface area contributed by atoms with Gasteiger partial charge < -0.3 is 39.4 Å². The molecule has 0 spiro atoms. The summed E-state index contributed by atoms with van der Waals surface area (Å²) in [5.74, 6) is -1.33. The molecule has 2 aromatic rings. The minimum atomic E-state index is -4.30. The first-order chi connectivity index (χ1) is 21.6. The number of esters is 2. The average molecular weight is 674 g/mol. The van der Waals surface area contributed by atoms with Crippen LogP contribution in [-0.2, 0) is 32.9 Å². The number of nitrogen functional groups attached to an aromatic ring is 1. The predicted molar refractivity (Wildman–Crippen MR) is 166 cm³/mol. The lowest BCUT2D eigenvalue weighted by Crippen LogP contribution is -2.47. The van der Waals surface area contributed by atoms with Crippen LogP contribution in [0.2, 0.25) is 0 Å². The zero-order chi connectivity index (χ0) is 34.4. The Morgan fingerprint density at radius 3 is 2.11 bits per heavy atom. The number of nitrogens with one attached hydrogen (secondary N) is 2. The number of carbonyl (C=O) groups excluding carboxylic acids is 2. The second-order valence-electron chi connectivity index (χ2n) is 12.1. The van der Waals surface area contributed by atoms with E-state index in [1.54, 1.807) is 13.8 Å². The lowest BCUT2D eigenvalue weighted by Gasteiger charge is -2.30. The fraction of sp³-hybridized carbons (Fsp3) is 0.750. The highest BCUT2D eigenvalue weighted by Crippen LogP contribution is 2.45. The molecule has 0 aliphatic carbocycles. The Hall–Kier alpha value is -2.92. The molecule has 6 N–H and O–H groups in total. The van der Waals surface area contributed by atoms with Gasteiger partial charge in [0.05, 0.1) is 33.3 Å². The first-order valence-electron chi connectivity index (χ1n) is 15.3. The Morgan fingerprint density at radius 2 is 1.63 bits per heavy atom. The first kappa shape index (κ1) is 37.5. The summed E-state index contributed by atoms with van der Waals surface area (Å²) in [7, 11) is -2.91. The van der Waals surface area contributed by atoms with Crippen LogP contribution in [0.1, 0.15) is 67.5 Å². The van der Waals surface area contributed by atoms with E-state index in [-0.39, 0.29) is 60.9 Å². The highest BCUT2D eigenvalue weighted by molar-refractivity contribution is 7.54. The van der Waals surface area contributed by atoms with Gasteiger partial charge in [-0.3, -0.25) is 18.7 Å². The van der Waals surface area contributed by atoms with E-state index in [4.69, 9.17) is 29.2 Å². The number of imidazole rings is 1. The number of ether oxygens (including phenoxy) is 4. The van der Waals surface area contributed by atoms with Crippen LogP contribution < -0.4 is 20.6 Å². The molecule has 1 aliphatic heterocycles. The lowest BCUT2D eigenvalue weighted by atomic mass is 9.96. The van der Waals surface area contributed by atoms with Gasteiger partial charge in [-0.15, -0.1) is 0 Å². The summed E-state index contributed by atoms with van der Waals surface area (Å²) in [6, 6.07) is -2.13. The van der Waals surface area contributed by atoms with Crippen LogP contribution >= 0.6 is 7.67 Å². The van der Waals surface area contributed by atoms with Crippen LogP contribution in [0, 0.1) is 11.8 Å². The van der Waals surface area contributed by atoms with Gasteiger partial charge >= 0.3 is 19.6 Å². The molecule has 0 amide bonds. The molecule has 1 aliphatic rings. The number of carbonyl (C=O) groups is 2. The highest BCUT2D eigenvalue weighted by atomic mass is 31.2. The standard InChI is InChI=1S/C28H48N7O10P/c1-9-42-24(37)17(11-15(3)4)33-46(40,34-18(12-16(5)6)25(38)43-10-2)44-13-19-21(36)28(7,39)26(45-19)35-14-30-20-22(35)31-27(29)32-23(20)41-8/h14-19,21,26,36,39H,9-13H2,1-8H3,(H2,29,31,32)(H2,33,34,40)/t17-,18-,19+,21+,26+,28+/m0/s1. The van der Waals surface area contributed by atoms with Crippen molar-refractivity contribution in [1.82, 2.24) is 29.7 Å². The van der Waals surface area contributed by atoms with Crippen molar-refractivity contribution < 1.29 is 47.8 Å². The second-order valence-corrected chi connectivity index (χ2v) is 14.0. The summed E-state index contributed by atoms with van der Waals surface area (Å²) < 4.78 is 43.5. The molecule has 46 heavy (non-hydrogen) atoms. The molecule has 17 nitrogen and oxygen atoms in total. The van der Waals surface area contributed by atoms with Gasteiger partial charge in [0, 0.05) is 0 Å². The Labute approximate surface area is 268 Å². The minimum Gasteiger partial charge on any atom is -0.479 e. The van der Waals surface area contributed by atoms with Crippen molar-refractivity contribution in [2.75, 3.05) is 32.7 Å². The summed E-state index contributed by atoms with van der Waals surface area (Å²) in [4.78, 5) is 38.2. The fourth-order valence-corrected chi connectivity index (χ4v) is 6.95. The van der Waals surface area contributed by atoms with E-state index in [1.165, 1.54) is 24.9 Å². The molecular weight excluding hydrogens is 625 g/mol. The average Bonchev–Trinajstić information content (AvgIpc) is 3.47. The molecule has 2 aromatic heterocycles. The number of aromatic nitrogens is 4. The SMILES string of the molecule is CCOC(=O)[C@H](CC(C)C)NP(=O)(N[C@@H](CC(C)C)C(=O)OCC)OC[C@H]1O[C@@H](n2cnc3c(OC)nc(N)nc32)[C@](C)(O)[C@@H]1O. The Balaban J connectivity index is 1.94. The summed E-state index contributed by atoms with van der Waals surface area (Å²) >= 11 is 0. The molecule has 6 atom stereocenters. The molecule has 0 bridgehead atoms. The Kier molecular flexibility index (Phi) is 12.9. The lowest BCUT2D eigenvalue weighted by molar-refractivity contribution is -0.146. The number of aliphatic hydroxyl groups excluding tert-OH is 1. The molecule has 18 heteroatoms. The molecular formula is C28H48N7O10P. The monoisotopic (exact) mass is 673 g/mol. The maximum absolute atomic E-state index is 14.5. The largest absolute Gasteiger partial charge is 0.479 e. The zero-order valence-corrected chi connectivity index (χ0v) is 28.5. The van der Waals surface area contributed by atoms with Gasteiger partial charge in [0.25, 0.3) is 0 Å². The molecule has 3 rings (SSSR count). The summed E-state index contributed by atoms with van der Waals surface area (Å²) in [5, 5.41) is 28.1. The van der Waals surface area contributed by atoms with Crippen LogP contribution in [0.3, 0.4) is 0 Å². The third-order valence-electron chi connectivity index (χ3n) is 7.24. The van der Waals surface area contributed by atoms with Crippen LogP contribution in [0.25, 0.3) is 11.2 Å². The van der Waals surface area contributed by atoms with Gasteiger partial charge in [-0.05, 0) is 45.4 Å². The van der Waals surface area contributed by atoms with Crippen molar-refractivity contribution in [3.05, 3.63) is 6.33 Å². The number of hydrogen-bond donors (Lipinski definition) is 5. The number of nitrogens with zero attached hydrogens (tertiary/aromatic N) is 4. The van der Waals surface area contributed by atoms with Crippen molar-refractivity contribution in [3.63, 3.8) is 0 Å². The van der Waals surface area contributed by atoms with Gasteiger partial charge in [-0.1, -0.05) is 27.7 Å². The topological polar surface area (TPSA) is 232 Å². The van der Waals surface area contributed by atoms with Crippen LogP contribution in [-0.4, -0.2) is 98.5 Å². The number of nitrogens with two attached hydrogens (primary N) is 1. The highest BCUT2D eigenvalue weighted by Gasteiger charge is 2.54. The molecule has 1 saturated heterocycles. The van der Waals surface area contributed by atoms with E-state index in [0.29, 0.717) is 0 Å². The van der Waals surface area contributed by atoms with Gasteiger partial charge in [0.1, 0.15) is 29.9 Å². The maximum atomic E-state index is 14.5. The summed E-state index contributed by atoms with van der Waals surface area (Å²) in [6.07, 6.45) is -2.24. The first-order valence-corrected chi connectivity index (χ1v) is 16.9. The number of anilines is 1. The third kappa shape index (κ3) is 8.91. The van der Waals surface area contributed by atoms with Gasteiger partial charge in [0.2, 0.25) is 11.8 Å². The van der Waals surface area contributed by atoms with E-state index in [0.717, 1.165) is 0 Å². The van der Waals surface area contributed by atoms with Gasteiger partial charge in [-0.2, -0.15) is 9.97 Å². The van der Waals surface area contributed by atoms with E-state index < -0.39 is 62.3 Å². The molecule has 1 fully saturated rings. The van der Waals surface area contributed by atoms with E-state index in [9.17, 15) is 24.4 Å². The van der Waals surface area contributed by atoms with Gasteiger partial charge in [0.15, 0.2) is 17.4 Å². The molecule has 0 aromatic carbocycles. The van der Waals surface area contributed by atoms with Crippen molar-refractivity contribution in [2.45, 2.75) is 97.4 Å². The number of methoxy groups -OCH3 is 1. The molecule has 3 heterocycles. The Morgan fingerprint density at radius 1 is 1.09 bits per heavy atom. The summed E-state index contributed by atoms with van der Waals surface area (Å²) in [6.45, 7) is 11.8. The number of aliphatic hydroxyl groups is 2. The molecule has 260 valence electrons. The number of hydrogen-bond acceptors (Lipinski definition) is 14. The van der Waals surface area contributed by atoms with E-state index >= 15 is 0 Å². The zero-order valence-electron chi connectivity index (χ0n) is 27.6. The van der Waals surface area contributed by atoms with Crippen LogP contribution in [0.4, 0.5) is 5.95 Å². The smallest absolute Gasteiger partial charge is 0.342 e. The van der Waals surface area contributed by atoms with Crippen LogP contribution in [0.5, 0.6) is 5.88 Å². The minimum absolute atomic E-state index is 0.0100. The van der Waals surface area contributed by atoms with Crippen molar-refractivity contribution in [3.8, 4) is 5.88 Å². The number of rotatable bonds is 17. The van der Waals surface area contributed by atoms with Gasteiger partial charge in [-0.25, -0.2) is 15.2 Å². The molecule has 0 unspecified atom stereocenters. The van der Waals surface area contributed by atoms with E-state index in [2.05, 4.69) is 25.1 Å². The van der Waals surface area contributed by atoms with Crippen molar-refractivity contribution >= 4 is 36.7 Å². The van der Waals surface area contributed by atoms with Crippen LogP contribution in [0.15, 0.2) is 6.33 Å². The normalized spacial score (nSPS) is 23.2. The predicted octanol–water partition coefficient (Wildman–Crippen LogP) is 1.69. The quantitative estimate of drug-likeness (QED) is 0.119. The Bertz CT molecular complexity index is 1350. The maximum Gasteiger partial charge on any atom is 0.342 e. The van der Waals surface area contributed by atoms with E-state index in [1.807, 2.05) is 27.7 Å².